The molecule has 96 valence electrons. The number of nitrogens with one attached hydrogen (secondary N) is 1. The summed E-state index contributed by atoms with van der Waals surface area (Å²) >= 11 is 0. The zero-order valence-corrected chi connectivity index (χ0v) is 11.8. The Morgan fingerprint density at radius 3 is 2.69 bits per heavy atom. The van der Waals surface area contributed by atoms with Crippen LogP contribution in [0.2, 0.25) is 0 Å². The molecule has 0 amide bonds. The van der Waals surface area contributed by atoms with Crippen molar-refractivity contribution in [2.45, 2.75) is 33.6 Å². The molecule has 2 unspecified atom stereocenters. The Morgan fingerprint density at radius 2 is 2.19 bits per heavy atom. The third-order valence-corrected chi connectivity index (χ3v) is 4.31. The summed E-state index contributed by atoms with van der Waals surface area (Å²) in [6, 6.07) is 0. The van der Waals surface area contributed by atoms with Gasteiger partial charge in [-0.25, -0.2) is 0 Å². The predicted molar refractivity (Wildman–Crippen MR) is 72.2 cm³/mol. The lowest BCUT2D eigenvalue weighted by molar-refractivity contribution is 0.199. The smallest absolute Gasteiger partial charge is 0.00481 e. The molecule has 1 N–H and O–H groups in total. The standard InChI is InChI=1S/C13H26N2.ClH/c1-11(2)12-4-7-15(8-12)10-13(3)5-6-14-9-13;/h11-12,14H,4-10H2,1-3H3;1H. The first-order valence-corrected chi connectivity index (χ1v) is 6.52. The van der Waals surface area contributed by atoms with Crippen molar-refractivity contribution in [1.82, 2.24) is 10.2 Å². The molecular formula is C13H27ClN2. The molecule has 0 bridgehead atoms. The van der Waals surface area contributed by atoms with Gasteiger partial charge in [0.25, 0.3) is 0 Å². The van der Waals surface area contributed by atoms with Gasteiger partial charge in [-0.15, -0.1) is 12.4 Å². The molecule has 0 radical (unpaired) electrons. The van der Waals surface area contributed by atoms with Crippen molar-refractivity contribution in [2.24, 2.45) is 17.3 Å². The maximum Gasteiger partial charge on any atom is 0.00481 e. The van der Waals surface area contributed by atoms with E-state index in [1.54, 1.807) is 0 Å². The zero-order valence-electron chi connectivity index (χ0n) is 11.0. The van der Waals surface area contributed by atoms with Gasteiger partial charge in [0.15, 0.2) is 0 Å². The molecule has 2 heterocycles. The van der Waals surface area contributed by atoms with Crippen LogP contribution in [0.15, 0.2) is 0 Å². The molecule has 2 rings (SSSR count). The van der Waals surface area contributed by atoms with Gasteiger partial charge in [0, 0.05) is 19.6 Å². The highest BCUT2D eigenvalue weighted by Gasteiger charge is 2.33. The molecule has 2 aliphatic heterocycles. The molecule has 0 aromatic carbocycles. The molecule has 16 heavy (non-hydrogen) atoms. The highest BCUT2D eigenvalue weighted by Crippen LogP contribution is 2.30. The van der Waals surface area contributed by atoms with E-state index in [1.165, 1.54) is 45.6 Å². The Labute approximate surface area is 107 Å². The summed E-state index contributed by atoms with van der Waals surface area (Å²) in [4.78, 5) is 2.69. The normalized spacial score (nSPS) is 35.6. The van der Waals surface area contributed by atoms with Gasteiger partial charge in [-0.2, -0.15) is 0 Å². The Hall–Kier alpha value is 0.210. The summed E-state index contributed by atoms with van der Waals surface area (Å²) in [5.41, 5.74) is 0.547. The van der Waals surface area contributed by atoms with Gasteiger partial charge in [-0.1, -0.05) is 20.8 Å². The van der Waals surface area contributed by atoms with E-state index in [0.29, 0.717) is 5.41 Å². The zero-order chi connectivity index (χ0) is 10.9. The summed E-state index contributed by atoms with van der Waals surface area (Å²) < 4.78 is 0. The van der Waals surface area contributed by atoms with Crippen molar-refractivity contribution in [3.05, 3.63) is 0 Å². The minimum Gasteiger partial charge on any atom is -0.316 e. The first kappa shape index (κ1) is 14.3. The first-order valence-electron chi connectivity index (χ1n) is 6.52. The van der Waals surface area contributed by atoms with Crippen molar-refractivity contribution >= 4 is 12.4 Å². The average Bonchev–Trinajstić information content (AvgIpc) is 2.75. The molecule has 2 nitrogen and oxygen atoms in total. The van der Waals surface area contributed by atoms with Gasteiger partial charge < -0.3 is 10.2 Å². The monoisotopic (exact) mass is 246 g/mol. The second kappa shape index (κ2) is 5.70. The Morgan fingerprint density at radius 1 is 1.44 bits per heavy atom. The molecular weight excluding hydrogens is 220 g/mol. The molecule has 0 aliphatic carbocycles. The number of rotatable bonds is 3. The second-order valence-electron chi connectivity index (χ2n) is 6.27. The van der Waals surface area contributed by atoms with E-state index in [2.05, 4.69) is 31.0 Å². The van der Waals surface area contributed by atoms with Crippen LogP contribution in [0.4, 0.5) is 0 Å². The SMILES string of the molecule is CC(C)C1CCN(CC2(C)CCNC2)C1.Cl. The summed E-state index contributed by atoms with van der Waals surface area (Å²) in [6.45, 7) is 13.6. The maximum absolute atomic E-state index is 3.49. The summed E-state index contributed by atoms with van der Waals surface area (Å²) in [6.07, 6.45) is 2.77. The van der Waals surface area contributed by atoms with Gasteiger partial charge in [0.1, 0.15) is 0 Å². The van der Waals surface area contributed by atoms with E-state index in [1.807, 2.05) is 0 Å². The molecule has 0 aromatic rings. The van der Waals surface area contributed by atoms with Crippen LogP contribution in [0, 0.1) is 17.3 Å². The van der Waals surface area contributed by atoms with E-state index in [9.17, 15) is 0 Å². The molecule has 0 spiro atoms. The number of hydrogen-bond donors (Lipinski definition) is 1. The minimum absolute atomic E-state index is 0. The van der Waals surface area contributed by atoms with Crippen molar-refractivity contribution in [3.8, 4) is 0 Å². The van der Waals surface area contributed by atoms with Crippen molar-refractivity contribution in [2.75, 3.05) is 32.7 Å². The molecule has 0 aromatic heterocycles. The Bertz CT molecular complexity index is 212. The molecule has 0 saturated carbocycles. The summed E-state index contributed by atoms with van der Waals surface area (Å²) in [5.74, 6) is 1.81. The van der Waals surface area contributed by atoms with Gasteiger partial charge in [-0.3, -0.25) is 0 Å². The number of nitrogens with zero attached hydrogens (tertiary/aromatic N) is 1. The lowest BCUT2D eigenvalue weighted by Gasteiger charge is -2.29. The fourth-order valence-corrected chi connectivity index (χ4v) is 3.09. The van der Waals surface area contributed by atoms with Crippen LogP contribution in [-0.4, -0.2) is 37.6 Å². The molecule has 2 aliphatic rings. The van der Waals surface area contributed by atoms with E-state index in [-0.39, 0.29) is 12.4 Å². The number of likely N-dealkylation sites (tertiary alicyclic amines) is 1. The van der Waals surface area contributed by atoms with Crippen LogP contribution in [0.25, 0.3) is 0 Å². The van der Waals surface area contributed by atoms with E-state index >= 15 is 0 Å². The molecule has 2 atom stereocenters. The average molecular weight is 247 g/mol. The highest BCUT2D eigenvalue weighted by molar-refractivity contribution is 5.85. The third kappa shape index (κ3) is 3.35. The van der Waals surface area contributed by atoms with Gasteiger partial charge in [0.2, 0.25) is 0 Å². The van der Waals surface area contributed by atoms with Gasteiger partial charge in [-0.05, 0) is 43.2 Å². The van der Waals surface area contributed by atoms with Crippen LogP contribution >= 0.6 is 12.4 Å². The molecule has 2 saturated heterocycles. The summed E-state index contributed by atoms with van der Waals surface area (Å²) in [5, 5.41) is 3.49. The van der Waals surface area contributed by atoms with Crippen molar-refractivity contribution in [3.63, 3.8) is 0 Å². The van der Waals surface area contributed by atoms with Crippen LogP contribution < -0.4 is 5.32 Å². The van der Waals surface area contributed by atoms with Crippen molar-refractivity contribution in [1.29, 1.82) is 0 Å². The number of hydrogen-bond acceptors (Lipinski definition) is 2. The van der Waals surface area contributed by atoms with Crippen LogP contribution in [0.1, 0.15) is 33.6 Å². The second-order valence-corrected chi connectivity index (χ2v) is 6.27. The maximum atomic E-state index is 3.49. The largest absolute Gasteiger partial charge is 0.316 e. The lowest BCUT2D eigenvalue weighted by Crippen LogP contribution is -2.36. The molecule has 3 heteroatoms. The quantitative estimate of drug-likeness (QED) is 0.823. The topological polar surface area (TPSA) is 15.3 Å². The van der Waals surface area contributed by atoms with Crippen molar-refractivity contribution < 1.29 is 0 Å². The molecule has 2 fully saturated rings. The van der Waals surface area contributed by atoms with Gasteiger partial charge >= 0.3 is 0 Å². The highest BCUT2D eigenvalue weighted by atomic mass is 35.5. The fraction of sp³-hybridized carbons (Fsp3) is 1.00. The third-order valence-electron chi connectivity index (χ3n) is 4.31. The minimum atomic E-state index is 0. The number of halogens is 1. The lowest BCUT2D eigenvalue weighted by atomic mass is 9.89. The van der Waals surface area contributed by atoms with E-state index in [0.717, 1.165) is 11.8 Å². The fourth-order valence-electron chi connectivity index (χ4n) is 3.09. The van der Waals surface area contributed by atoms with Gasteiger partial charge in [0.05, 0.1) is 0 Å². The van der Waals surface area contributed by atoms with Crippen LogP contribution in [0.3, 0.4) is 0 Å². The Kier molecular flexibility index (Phi) is 5.09. The first-order chi connectivity index (χ1) is 7.09. The predicted octanol–water partition coefficient (Wildman–Crippen LogP) is 2.39. The van der Waals surface area contributed by atoms with E-state index in [4.69, 9.17) is 0 Å². The Balaban J connectivity index is 0.00000128. The van der Waals surface area contributed by atoms with E-state index < -0.39 is 0 Å². The van der Waals surface area contributed by atoms with Crippen LogP contribution in [0.5, 0.6) is 0 Å². The summed E-state index contributed by atoms with van der Waals surface area (Å²) in [7, 11) is 0. The van der Waals surface area contributed by atoms with Crippen LogP contribution in [-0.2, 0) is 0 Å².